The normalized spacial score (nSPS) is 17.5. The Morgan fingerprint density at radius 1 is 1.30 bits per heavy atom. The Morgan fingerprint density at radius 3 is 2.56 bits per heavy atom. The van der Waals surface area contributed by atoms with Gasteiger partial charge in [0.1, 0.15) is 0 Å². The molecule has 0 aliphatic carbocycles. The summed E-state index contributed by atoms with van der Waals surface area (Å²) in [5.41, 5.74) is 5.47. The lowest BCUT2D eigenvalue weighted by molar-refractivity contribution is -0.137. The molecule has 0 amide bonds. The predicted octanol–water partition coefficient (Wildman–Crippen LogP) is 4.32. The van der Waals surface area contributed by atoms with Gasteiger partial charge in [0, 0.05) is 25.2 Å². The van der Waals surface area contributed by atoms with Crippen LogP contribution >= 0.6 is 24.0 Å². The van der Waals surface area contributed by atoms with Crippen molar-refractivity contribution in [3.05, 3.63) is 35.4 Å². The maximum atomic E-state index is 13.1. The van der Waals surface area contributed by atoms with Crippen molar-refractivity contribution in [2.75, 3.05) is 26.3 Å². The average Bonchev–Trinajstić information content (AvgIpc) is 2.60. The van der Waals surface area contributed by atoms with Crippen LogP contribution in [0.15, 0.2) is 29.3 Å². The second kappa shape index (κ2) is 10.5. The minimum absolute atomic E-state index is 0. The Balaban J connectivity index is 0.00000364. The molecule has 0 saturated carbocycles. The second-order valence-electron chi connectivity index (χ2n) is 7.28. The summed E-state index contributed by atoms with van der Waals surface area (Å²) in [5.74, 6) is 0.894. The Bertz CT molecular complexity index is 614. The number of nitrogens with zero attached hydrogens (tertiary/aromatic N) is 1. The van der Waals surface area contributed by atoms with Crippen LogP contribution in [0.3, 0.4) is 0 Å². The minimum atomic E-state index is -4.36. The first-order valence-electron chi connectivity index (χ1n) is 9.02. The fourth-order valence-corrected chi connectivity index (χ4v) is 3.11. The topological polar surface area (TPSA) is 59.6 Å². The number of aliphatic imine (C=N–C) groups is 1. The smallest absolute Gasteiger partial charge is 0.381 e. The number of nitrogens with two attached hydrogens (primary N) is 1. The molecule has 0 aromatic heterocycles. The van der Waals surface area contributed by atoms with Gasteiger partial charge in [0.05, 0.1) is 12.1 Å². The van der Waals surface area contributed by atoms with Crippen molar-refractivity contribution in [1.82, 2.24) is 5.32 Å². The summed E-state index contributed by atoms with van der Waals surface area (Å²) in [6.45, 7) is 6.34. The lowest BCUT2D eigenvalue weighted by Gasteiger charge is -2.37. The lowest BCUT2D eigenvalue weighted by Crippen LogP contribution is -2.39. The molecule has 0 bridgehead atoms. The highest BCUT2D eigenvalue weighted by molar-refractivity contribution is 14.0. The van der Waals surface area contributed by atoms with Crippen molar-refractivity contribution in [3.63, 3.8) is 0 Å². The summed E-state index contributed by atoms with van der Waals surface area (Å²) in [5, 5.41) is 3.07. The number of alkyl halides is 3. The molecule has 8 heteroatoms. The molecule has 1 heterocycles. The van der Waals surface area contributed by atoms with E-state index in [0.717, 1.165) is 19.0 Å². The molecule has 0 radical (unpaired) electrons. The molecule has 3 N–H and O–H groups in total. The van der Waals surface area contributed by atoms with E-state index in [2.05, 4.69) is 24.2 Å². The van der Waals surface area contributed by atoms with Crippen LogP contribution in [0.4, 0.5) is 13.2 Å². The van der Waals surface area contributed by atoms with Crippen LogP contribution in [0.25, 0.3) is 0 Å². The summed E-state index contributed by atoms with van der Waals surface area (Å²) in [7, 11) is 0. The van der Waals surface area contributed by atoms with Crippen molar-refractivity contribution >= 4 is 29.9 Å². The molecule has 1 aromatic carbocycles. The van der Waals surface area contributed by atoms with Crippen molar-refractivity contribution in [1.29, 1.82) is 0 Å². The molecule has 1 aliphatic rings. The molecule has 2 rings (SSSR count). The van der Waals surface area contributed by atoms with Crippen LogP contribution < -0.4 is 11.1 Å². The highest BCUT2D eigenvalue weighted by Crippen LogP contribution is 2.38. The number of guanidine groups is 1. The maximum absolute atomic E-state index is 13.1. The van der Waals surface area contributed by atoms with Gasteiger partial charge >= 0.3 is 6.18 Å². The van der Waals surface area contributed by atoms with Crippen molar-refractivity contribution in [2.45, 2.75) is 44.7 Å². The van der Waals surface area contributed by atoms with Gasteiger partial charge in [-0.05, 0) is 36.8 Å². The first-order chi connectivity index (χ1) is 12.2. The molecular formula is C19H29F3IN3O. The van der Waals surface area contributed by atoms with Gasteiger partial charge in [-0.2, -0.15) is 13.2 Å². The average molecular weight is 499 g/mol. The van der Waals surface area contributed by atoms with E-state index in [1.165, 1.54) is 12.1 Å². The molecule has 4 nitrogen and oxygen atoms in total. The summed E-state index contributed by atoms with van der Waals surface area (Å²) in [4.78, 5) is 4.43. The minimum Gasteiger partial charge on any atom is -0.381 e. The predicted molar refractivity (Wildman–Crippen MR) is 113 cm³/mol. The zero-order valence-corrected chi connectivity index (χ0v) is 18.1. The largest absolute Gasteiger partial charge is 0.416 e. The second-order valence-corrected chi connectivity index (χ2v) is 7.28. The van der Waals surface area contributed by atoms with E-state index in [-0.39, 0.29) is 24.0 Å². The van der Waals surface area contributed by atoms with E-state index >= 15 is 0 Å². The van der Waals surface area contributed by atoms with E-state index in [9.17, 15) is 13.2 Å². The molecule has 0 unspecified atom stereocenters. The Hall–Kier alpha value is -1.03. The van der Waals surface area contributed by atoms with E-state index in [1.54, 1.807) is 6.07 Å². The molecule has 0 atom stereocenters. The molecule has 1 aromatic rings. The van der Waals surface area contributed by atoms with Gasteiger partial charge < -0.3 is 15.8 Å². The number of hydrogen-bond donors (Lipinski definition) is 2. The van der Waals surface area contributed by atoms with Crippen LogP contribution in [0.1, 0.15) is 44.2 Å². The summed E-state index contributed by atoms with van der Waals surface area (Å²) >= 11 is 0. The first kappa shape index (κ1) is 24.0. The summed E-state index contributed by atoms with van der Waals surface area (Å²) in [6, 6.07) is 5.55. The van der Waals surface area contributed by atoms with Crippen molar-refractivity contribution in [3.8, 4) is 0 Å². The van der Waals surface area contributed by atoms with Gasteiger partial charge in [0.15, 0.2) is 5.96 Å². The van der Waals surface area contributed by atoms with Crippen LogP contribution in [-0.2, 0) is 16.3 Å². The van der Waals surface area contributed by atoms with Gasteiger partial charge in [-0.3, -0.25) is 4.99 Å². The molecule has 0 spiro atoms. The third-order valence-corrected chi connectivity index (χ3v) is 4.83. The fourth-order valence-electron chi connectivity index (χ4n) is 3.11. The molecule has 1 saturated heterocycles. The van der Waals surface area contributed by atoms with E-state index < -0.39 is 17.2 Å². The van der Waals surface area contributed by atoms with Gasteiger partial charge in [-0.25, -0.2) is 0 Å². The lowest BCUT2D eigenvalue weighted by atomic mass is 9.74. The Morgan fingerprint density at radius 2 is 1.96 bits per heavy atom. The van der Waals surface area contributed by atoms with Gasteiger partial charge in [0.2, 0.25) is 0 Å². The highest BCUT2D eigenvalue weighted by atomic mass is 127. The number of nitrogens with one attached hydrogen (secondary N) is 1. The number of halogens is 4. The Kier molecular flexibility index (Phi) is 9.33. The van der Waals surface area contributed by atoms with Gasteiger partial charge in [-0.1, -0.05) is 32.0 Å². The monoisotopic (exact) mass is 499 g/mol. The van der Waals surface area contributed by atoms with Gasteiger partial charge in [-0.15, -0.1) is 24.0 Å². The molecular weight excluding hydrogens is 470 g/mol. The number of rotatable bonds is 6. The maximum Gasteiger partial charge on any atom is 0.416 e. The molecule has 1 aliphatic heterocycles. The zero-order chi connectivity index (χ0) is 19.2. The number of ether oxygens (including phenoxy) is 1. The number of hydrogen-bond acceptors (Lipinski definition) is 2. The number of benzene rings is 1. The molecule has 27 heavy (non-hydrogen) atoms. The third-order valence-electron chi connectivity index (χ3n) is 4.83. The van der Waals surface area contributed by atoms with Crippen molar-refractivity contribution in [2.24, 2.45) is 16.6 Å². The highest BCUT2D eigenvalue weighted by Gasteiger charge is 2.37. The van der Waals surface area contributed by atoms with Crippen LogP contribution in [0.2, 0.25) is 0 Å². The van der Waals surface area contributed by atoms with Crippen LogP contribution in [0, 0.1) is 5.92 Å². The van der Waals surface area contributed by atoms with Crippen LogP contribution in [0.5, 0.6) is 0 Å². The first-order valence-corrected chi connectivity index (χ1v) is 9.02. The van der Waals surface area contributed by atoms with E-state index in [4.69, 9.17) is 10.5 Å². The van der Waals surface area contributed by atoms with Crippen LogP contribution in [-0.4, -0.2) is 32.3 Å². The summed E-state index contributed by atoms with van der Waals surface area (Å²) < 4.78 is 44.7. The third kappa shape index (κ3) is 7.14. The Labute approximate surface area is 176 Å². The summed E-state index contributed by atoms with van der Waals surface area (Å²) in [6.07, 6.45) is -2.14. The van der Waals surface area contributed by atoms with Crippen molar-refractivity contribution < 1.29 is 17.9 Å². The standard InChI is InChI=1S/C19H28F3N3O.HI/c1-14(2)6-9-24-17(23)25-13-18(7-10-26-11-8-18)15-4-3-5-16(12-15)19(20,21)22;/h3-5,12,14H,6-11,13H2,1-2H3,(H3,23,24,25);1H. The fraction of sp³-hybridized carbons (Fsp3) is 0.632. The van der Waals surface area contributed by atoms with E-state index in [1.807, 2.05) is 0 Å². The molecule has 154 valence electrons. The zero-order valence-electron chi connectivity index (χ0n) is 15.8. The SMILES string of the molecule is CC(C)CCNC(N)=NCC1(c2cccc(C(F)(F)F)c2)CCOCC1.I. The van der Waals surface area contributed by atoms with E-state index in [0.29, 0.717) is 50.0 Å². The molecule has 1 fully saturated rings. The van der Waals surface area contributed by atoms with Gasteiger partial charge in [0.25, 0.3) is 0 Å². The quantitative estimate of drug-likeness (QED) is 0.348.